The molecule has 3 N–H and O–H groups in total. The first-order chi connectivity index (χ1) is 14.4. The predicted octanol–water partition coefficient (Wildman–Crippen LogP) is 1.59. The molecule has 32 heavy (non-hydrogen) atoms. The molecule has 10 heteroatoms. The molecule has 186 valence electrons. The number of nitrogens with zero attached hydrogens (tertiary/aromatic N) is 1. The summed E-state index contributed by atoms with van der Waals surface area (Å²) in [5.41, 5.74) is -1.47. The van der Waals surface area contributed by atoms with E-state index in [4.69, 9.17) is 9.47 Å². The molecule has 0 heterocycles. The van der Waals surface area contributed by atoms with Crippen LogP contribution in [0.2, 0.25) is 0 Å². The number of aliphatic hydroxyl groups is 1. The van der Waals surface area contributed by atoms with Crippen LogP contribution in [0.1, 0.15) is 68.7 Å². The fourth-order valence-electron chi connectivity index (χ4n) is 2.57. The fourth-order valence-corrected chi connectivity index (χ4v) is 2.57. The number of aliphatic hydroxyl groups excluding tert-OH is 1. The zero-order valence-corrected chi connectivity index (χ0v) is 21.1. The standard InChI is InChI=1S/C22H41N3O7/c1-13(2)11-16(25(10)20(30)32-22(7,8)9)18(28)24-15(12-26)17(27)23-14(3)19(29)31-21(4,5)6/h13-16,26H,11-12H2,1-10H3,(H,23,27)(H,24,28)/t14-,15-,16-/m0/s1. The van der Waals surface area contributed by atoms with Gasteiger partial charge in [0.2, 0.25) is 11.8 Å². The van der Waals surface area contributed by atoms with Crippen LogP contribution in [0.15, 0.2) is 0 Å². The van der Waals surface area contributed by atoms with Crippen LogP contribution in [0.4, 0.5) is 4.79 Å². The Morgan fingerprint density at radius 1 is 0.875 bits per heavy atom. The third kappa shape index (κ3) is 11.3. The summed E-state index contributed by atoms with van der Waals surface area (Å²) in [5.74, 6) is -1.95. The van der Waals surface area contributed by atoms with Crippen molar-refractivity contribution in [3.8, 4) is 0 Å². The molecule has 3 atom stereocenters. The minimum Gasteiger partial charge on any atom is -0.458 e. The van der Waals surface area contributed by atoms with E-state index < -0.39 is 59.8 Å². The van der Waals surface area contributed by atoms with Crippen molar-refractivity contribution in [1.29, 1.82) is 0 Å². The highest BCUT2D eigenvalue weighted by atomic mass is 16.6. The zero-order chi connectivity index (χ0) is 25.4. The Bertz CT molecular complexity index is 665. The van der Waals surface area contributed by atoms with Crippen molar-refractivity contribution < 1.29 is 33.8 Å². The predicted molar refractivity (Wildman–Crippen MR) is 120 cm³/mol. The number of hydrogen-bond donors (Lipinski definition) is 3. The van der Waals surface area contributed by atoms with E-state index in [-0.39, 0.29) is 5.92 Å². The highest BCUT2D eigenvalue weighted by Gasteiger charge is 2.34. The van der Waals surface area contributed by atoms with E-state index in [1.54, 1.807) is 41.5 Å². The van der Waals surface area contributed by atoms with Gasteiger partial charge in [-0.05, 0) is 60.8 Å². The molecule has 0 fully saturated rings. The second kappa shape index (κ2) is 12.0. The lowest BCUT2D eigenvalue weighted by Crippen LogP contribution is -2.57. The molecule has 0 aliphatic rings. The summed E-state index contributed by atoms with van der Waals surface area (Å²) < 4.78 is 10.5. The van der Waals surface area contributed by atoms with Crippen molar-refractivity contribution in [2.45, 2.75) is 98.1 Å². The lowest BCUT2D eigenvalue weighted by molar-refractivity contribution is -0.158. The first-order valence-corrected chi connectivity index (χ1v) is 10.8. The van der Waals surface area contributed by atoms with Gasteiger partial charge < -0.3 is 25.2 Å². The van der Waals surface area contributed by atoms with Gasteiger partial charge in [0.1, 0.15) is 29.3 Å². The summed E-state index contributed by atoms with van der Waals surface area (Å²) in [5, 5.41) is 14.5. The number of carbonyl (C=O) groups excluding carboxylic acids is 4. The van der Waals surface area contributed by atoms with Crippen molar-refractivity contribution >= 4 is 23.9 Å². The largest absolute Gasteiger partial charge is 0.458 e. The molecule has 0 aromatic rings. The van der Waals surface area contributed by atoms with Gasteiger partial charge in [-0.1, -0.05) is 13.8 Å². The van der Waals surface area contributed by atoms with E-state index in [0.717, 1.165) is 0 Å². The van der Waals surface area contributed by atoms with Gasteiger partial charge in [0.15, 0.2) is 0 Å². The molecule has 0 saturated heterocycles. The number of carbonyl (C=O) groups is 4. The van der Waals surface area contributed by atoms with Crippen LogP contribution in [0.3, 0.4) is 0 Å². The number of likely N-dealkylation sites (N-methyl/N-ethyl adjacent to an activating group) is 1. The second-order valence-electron chi connectivity index (χ2n) is 10.2. The normalized spacial score (nSPS) is 14.8. The van der Waals surface area contributed by atoms with E-state index in [1.165, 1.54) is 18.9 Å². The van der Waals surface area contributed by atoms with Crippen molar-refractivity contribution in [3.05, 3.63) is 0 Å². The molecule has 0 aliphatic heterocycles. The van der Waals surface area contributed by atoms with E-state index in [2.05, 4.69) is 10.6 Å². The molecule has 0 saturated carbocycles. The zero-order valence-electron chi connectivity index (χ0n) is 21.1. The summed E-state index contributed by atoms with van der Waals surface area (Å²) in [7, 11) is 1.44. The monoisotopic (exact) mass is 459 g/mol. The maximum Gasteiger partial charge on any atom is 0.410 e. The van der Waals surface area contributed by atoms with Gasteiger partial charge in [-0.3, -0.25) is 14.5 Å². The minimum atomic E-state index is -1.31. The van der Waals surface area contributed by atoms with Crippen LogP contribution in [-0.4, -0.2) is 76.9 Å². The number of esters is 1. The number of rotatable bonds is 9. The molecule has 3 amide bonds. The van der Waals surface area contributed by atoms with Crippen LogP contribution in [0.25, 0.3) is 0 Å². The minimum absolute atomic E-state index is 0.0595. The first kappa shape index (κ1) is 29.6. The molecule has 0 radical (unpaired) electrons. The van der Waals surface area contributed by atoms with Crippen LogP contribution >= 0.6 is 0 Å². The summed E-state index contributed by atoms with van der Waals surface area (Å²) in [6, 6.07) is -3.22. The third-order valence-corrected chi connectivity index (χ3v) is 4.08. The quantitative estimate of drug-likeness (QED) is 0.446. The van der Waals surface area contributed by atoms with E-state index in [1.807, 2.05) is 13.8 Å². The molecule has 0 aromatic carbocycles. The second-order valence-corrected chi connectivity index (χ2v) is 10.2. The Labute approximate surface area is 191 Å². The van der Waals surface area contributed by atoms with Gasteiger partial charge >= 0.3 is 12.1 Å². The summed E-state index contributed by atoms with van der Waals surface area (Å²) in [4.78, 5) is 51.2. The molecule has 0 aliphatic carbocycles. The van der Waals surface area contributed by atoms with Crippen LogP contribution in [0.5, 0.6) is 0 Å². The number of amides is 3. The molecule has 0 aromatic heterocycles. The maximum atomic E-state index is 12.9. The van der Waals surface area contributed by atoms with Gasteiger partial charge in [0.25, 0.3) is 0 Å². The average Bonchev–Trinajstić information content (AvgIpc) is 2.60. The average molecular weight is 460 g/mol. The summed E-state index contributed by atoms with van der Waals surface area (Å²) in [6.07, 6.45) is -0.364. The Hall–Kier alpha value is -2.36. The lowest BCUT2D eigenvalue weighted by Gasteiger charge is -2.31. The molecular formula is C22H41N3O7. The van der Waals surface area contributed by atoms with E-state index in [0.29, 0.717) is 6.42 Å². The van der Waals surface area contributed by atoms with Gasteiger partial charge in [-0.25, -0.2) is 9.59 Å². The molecular weight excluding hydrogens is 418 g/mol. The molecule has 0 rings (SSSR count). The topological polar surface area (TPSA) is 134 Å². The van der Waals surface area contributed by atoms with Crippen LogP contribution in [-0.2, 0) is 23.9 Å². The fraction of sp³-hybridized carbons (Fsp3) is 0.818. The van der Waals surface area contributed by atoms with Gasteiger partial charge in [-0.2, -0.15) is 0 Å². The van der Waals surface area contributed by atoms with Crippen molar-refractivity contribution in [2.75, 3.05) is 13.7 Å². The molecule has 10 nitrogen and oxygen atoms in total. The van der Waals surface area contributed by atoms with Gasteiger partial charge in [0, 0.05) is 7.05 Å². The summed E-state index contributed by atoms with van der Waals surface area (Å²) >= 11 is 0. The van der Waals surface area contributed by atoms with Crippen LogP contribution in [0, 0.1) is 5.92 Å². The van der Waals surface area contributed by atoms with Crippen LogP contribution < -0.4 is 10.6 Å². The Morgan fingerprint density at radius 3 is 1.78 bits per heavy atom. The summed E-state index contributed by atoms with van der Waals surface area (Å²) in [6.45, 7) is 14.8. The lowest BCUT2D eigenvalue weighted by atomic mass is 10.0. The molecule has 0 unspecified atom stereocenters. The van der Waals surface area contributed by atoms with E-state index >= 15 is 0 Å². The Kier molecular flexibility index (Phi) is 11.1. The van der Waals surface area contributed by atoms with Crippen molar-refractivity contribution in [3.63, 3.8) is 0 Å². The SMILES string of the molecule is CC(C)C[C@@H](C(=O)N[C@@H](CO)C(=O)N[C@@H](C)C(=O)OC(C)(C)C)N(C)C(=O)OC(C)(C)C. The third-order valence-electron chi connectivity index (χ3n) is 4.08. The smallest absolute Gasteiger partial charge is 0.410 e. The van der Waals surface area contributed by atoms with Gasteiger partial charge in [0.05, 0.1) is 6.61 Å². The van der Waals surface area contributed by atoms with Crippen molar-refractivity contribution in [1.82, 2.24) is 15.5 Å². The Morgan fingerprint density at radius 2 is 1.38 bits per heavy atom. The Balaban J connectivity index is 5.31. The number of hydrogen-bond acceptors (Lipinski definition) is 7. The first-order valence-electron chi connectivity index (χ1n) is 10.8. The maximum absolute atomic E-state index is 12.9. The van der Waals surface area contributed by atoms with E-state index in [9.17, 15) is 24.3 Å². The molecule has 0 spiro atoms. The number of nitrogens with one attached hydrogen (secondary N) is 2. The van der Waals surface area contributed by atoms with Crippen molar-refractivity contribution in [2.24, 2.45) is 5.92 Å². The highest BCUT2D eigenvalue weighted by molar-refractivity contribution is 5.93. The highest BCUT2D eigenvalue weighted by Crippen LogP contribution is 2.16. The number of ether oxygens (including phenoxy) is 2. The van der Waals surface area contributed by atoms with Gasteiger partial charge in [-0.15, -0.1) is 0 Å². The molecule has 0 bridgehead atoms.